The number of ether oxygens (including phenoxy) is 1. The molecule has 0 atom stereocenters. The Morgan fingerprint density at radius 3 is 2.64 bits per heavy atom. The predicted molar refractivity (Wildman–Crippen MR) is 113 cm³/mol. The number of hydrogen-bond donors (Lipinski definition) is 0. The largest absolute Gasteiger partial charge is 0.493 e. The standard InChI is InChI=1S/C21H23N3O3.ClH/c25-21-8-6-17-5-7-18(16-19(17)27-21)26-15-3-10-23-11-13-24(14-12-23)20-4-1-2-9-22-20;/h1-2,4-9,16H,3,10-15H2;1H. The molecule has 0 aliphatic carbocycles. The van der Waals surface area contributed by atoms with Gasteiger partial charge >= 0.3 is 5.63 Å². The van der Waals surface area contributed by atoms with E-state index in [0.29, 0.717) is 12.2 Å². The Bertz CT molecular complexity index is 940. The molecule has 1 aromatic carbocycles. The SMILES string of the molecule is Cl.O=c1ccc2ccc(OCCCN3CCN(c4ccccn4)CC3)cc2o1. The van der Waals surface area contributed by atoms with Crippen molar-refractivity contribution in [3.05, 3.63) is 65.1 Å². The van der Waals surface area contributed by atoms with Crippen LogP contribution in [0.3, 0.4) is 0 Å². The zero-order chi connectivity index (χ0) is 18.5. The van der Waals surface area contributed by atoms with E-state index in [0.717, 1.165) is 56.1 Å². The molecule has 148 valence electrons. The molecule has 28 heavy (non-hydrogen) atoms. The number of aromatic nitrogens is 1. The van der Waals surface area contributed by atoms with E-state index in [1.807, 2.05) is 30.5 Å². The molecule has 0 amide bonds. The molecule has 3 aromatic rings. The van der Waals surface area contributed by atoms with Gasteiger partial charge in [0.2, 0.25) is 0 Å². The average Bonchev–Trinajstić information content (AvgIpc) is 2.72. The van der Waals surface area contributed by atoms with Crippen molar-refractivity contribution in [3.63, 3.8) is 0 Å². The average molecular weight is 402 g/mol. The highest BCUT2D eigenvalue weighted by Crippen LogP contribution is 2.19. The minimum absolute atomic E-state index is 0. The first kappa shape index (κ1) is 20.2. The van der Waals surface area contributed by atoms with Gasteiger partial charge in [0.1, 0.15) is 17.2 Å². The summed E-state index contributed by atoms with van der Waals surface area (Å²) in [6.07, 6.45) is 2.80. The van der Waals surface area contributed by atoms with Crippen LogP contribution in [0.5, 0.6) is 5.75 Å². The van der Waals surface area contributed by atoms with Crippen LogP contribution in [0.25, 0.3) is 11.0 Å². The van der Waals surface area contributed by atoms with E-state index in [1.54, 1.807) is 12.1 Å². The van der Waals surface area contributed by atoms with Gasteiger partial charge in [-0.15, -0.1) is 12.4 Å². The van der Waals surface area contributed by atoms with Crippen LogP contribution in [0, 0.1) is 0 Å². The lowest BCUT2D eigenvalue weighted by molar-refractivity contribution is 0.224. The van der Waals surface area contributed by atoms with Crippen molar-refractivity contribution < 1.29 is 9.15 Å². The summed E-state index contributed by atoms with van der Waals surface area (Å²) in [5.41, 5.74) is 0.218. The van der Waals surface area contributed by atoms with Gasteiger partial charge in [-0.05, 0) is 36.8 Å². The van der Waals surface area contributed by atoms with Crippen LogP contribution in [0.4, 0.5) is 5.82 Å². The van der Waals surface area contributed by atoms with Crippen molar-refractivity contribution in [2.24, 2.45) is 0 Å². The summed E-state index contributed by atoms with van der Waals surface area (Å²) in [6.45, 7) is 5.74. The van der Waals surface area contributed by atoms with Crippen LogP contribution in [0.2, 0.25) is 0 Å². The Kier molecular flexibility index (Phi) is 6.90. The van der Waals surface area contributed by atoms with Crippen molar-refractivity contribution in [2.45, 2.75) is 6.42 Å². The molecule has 0 N–H and O–H groups in total. The summed E-state index contributed by atoms with van der Waals surface area (Å²) in [5.74, 6) is 1.79. The first-order valence-electron chi connectivity index (χ1n) is 9.33. The molecule has 1 aliphatic heterocycles. The third kappa shape index (κ3) is 5.03. The summed E-state index contributed by atoms with van der Waals surface area (Å²) in [6, 6.07) is 14.8. The third-order valence-corrected chi connectivity index (χ3v) is 4.83. The molecule has 6 nitrogen and oxygen atoms in total. The Balaban J connectivity index is 0.00000225. The molecule has 0 radical (unpaired) electrons. The molecular formula is C21H24ClN3O3. The Morgan fingerprint density at radius 2 is 1.86 bits per heavy atom. The second kappa shape index (κ2) is 9.57. The van der Waals surface area contributed by atoms with Crippen molar-refractivity contribution >= 4 is 29.2 Å². The van der Waals surface area contributed by atoms with Crippen LogP contribution in [0.1, 0.15) is 6.42 Å². The van der Waals surface area contributed by atoms with E-state index in [4.69, 9.17) is 9.15 Å². The van der Waals surface area contributed by atoms with Gasteiger partial charge < -0.3 is 14.1 Å². The van der Waals surface area contributed by atoms with Gasteiger partial charge in [0.25, 0.3) is 0 Å². The quantitative estimate of drug-likeness (QED) is 0.467. The maximum atomic E-state index is 11.3. The highest BCUT2D eigenvalue weighted by molar-refractivity contribution is 5.85. The highest BCUT2D eigenvalue weighted by Gasteiger charge is 2.17. The Hall–Kier alpha value is -2.57. The summed E-state index contributed by atoms with van der Waals surface area (Å²) in [5, 5.41) is 0.896. The van der Waals surface area contributed by atoms with E-state index in [9.17, 15) is 4.79 Å². The number of fused-ring (bicyclic) bond motifs is 1. The number of pyridine rings is 1. The molecule has 1 saturated heterocycles. The molecule has 7 heteroatoms. The zero-order valence-electron chi connectivity index (χ0n) is 15.6. The number of piperazine rings is 1. The summed E-state index contributed by atoms with van der Waals surface area (Å²) in [7, 11) is 0. The van der Waals surface area contributed by atoms with Gasteiger partial charge in [0, 0.05) is 56.4 Å². The van der Waals surface area contributed by atoms with Crippen LogP contribution in [-0.4, -0.2) is 49.2 Å². The number of hydrogen-bond acceptors (Lipinski definition) is 6. The monoisotopic (exact) mass is 401 g/mol. The van der Waals surface area contributed by atoms with E-state index in [1.165, 1.54) is 6.07 Å². The van der Waals surface area contributed by atoms with Crippen molar-refractivity contribution in [2.75, 3.05) is 44.2 Å². The smallest absolute Gasteiger partial charge is 0.336 e. The Morgan fingerprint density at radius 1 is 1.04 bits per heavy atom. The van der Waals surface area contributed by atoms with Crippen molar-refractivity contribution in [3.8, 4) is 5.75 Å². The minimum Gasteiger partial charge on any atom is -0.493 e. The molecule has 1 aliphatic rings. The van der Waals surface area contributed by atoms with E-state index >= 15 is 0 Å². The lowest BCUT2D eigenvalue weighted by Crippen LogP contribution is -2.47. The lowest BCUT2D eigenvalue weighted by Gasteiger charge is -2.35. The van der Waals surface area contributed by atoms with E-state index < -0.39 is 0 Å². The highest BCUT2D eigenvalue weighted by atomic mass is 35.5. The first-order chi connectivity index (χ1) is 13.3. The summed E-state index contributed by atoms with van der Waals surface area (Å²) < 4.78 is 11.0. The fraction of sp³-hybridized carbons (Fsp3) is 0.333. The molecular weight excluding hydrogens is 378 g/mol. The third-order valence-electron chi connectivity index (χ3n) is 4.83. The van der Waals surface area contributed by atoms with Crippen LogP contribution in [0.15, 0.2) is 63.9 Å². The molecule has 2 aromatic heterocycles. The van der Waals surface area contributed by atoms with Gasteiger partial charge in [-0.1, -0.05) is 6.07 Å². The maximum Gasteiger partial charge on any atom is 0.336 e. The van der Waals surface area contributed by atoms with Crippen LogP contribution >= 0.6 is 12.4 Å². The predicted octanol–water partition coefficient (Wildman–Crippen LogP) is 3.20. The first-order valence-corrected chi connectivity index (χ1v) is 9.33. The summed E-state index contributed by atoms with van der Waals surface area (Å²) >= 11 is 0. The normalized spacial score (nSPS) is 14.6. The number of benzene rings is 1. The molecule has 0 spiro atoms. The maximum absolute atomic E-state index is 11.3. The number of rotatable bonds is 6. The molecule has 0 saturated carbocycles. The van der Waals surface area contributed by atoms with E-state index in [2.05, 4.69) is 20.9 Å². The fourth-order valence-corrected chi connectivity index (χ4v) is 3.35. The number of nitrogens with zero attached hydrogens (tertiary/aromatic N) is 3. The van der Waals surface area contributed by atoms with Crippen molar-refractivity contribution in [1.29, 1.82) is 0 Å². The van der Waals surface area contributed by atoms with Gasteiger partial charge in [0.15, 0.2) is 0 Å². The number of anilines is 1. The van der Waals surface area contributed by atoms with Crippen LogP contribution < -0.4 is 15.3 Å². The van der Waals surface area contributed by atoms with Crippen LogP contribution in [-0.2, 0) is 0 Å². The lowest BCUT2D eigenvalue weighted by atomic mass is 10.2. The Labute approximate surface area is 170 Å². The summed E-state index contributed by atoms with van der Waals surface area (Å²) in [4.78, 5) is 20.5. The molecule has 1 fully saturated rings. The molecule has 0 unspecified atom stereocenters. The van der Waals surface area contributed by atoms with E-state index in [-0.39, 0.29) is 18.0 Å². The molecule has 3 heterocycles. The fourth-order valence-electron chi connectivity index (χ4n) is 3.35. The van der Waals surface area contributed by atoms with Crippen molar-refractivity contribution in [1.82, 2.24) is 9.88 Å². The number of halogens is 1. The van der Waals surface area contributed by atoms with Gasteiger partial charge in [-0.2, -0.15) is 0 Å². The zero-order valence-corrected chi connectivity index (χ0v) is 16.4. The second-order valence-corrected chi connectivity index (χ2v) is 6.67. The molecule has 4 rings (SSSR count). The van der Waals surface area contributed by atoms with Gasteiger partial charge in [-0.25, -0.2) is 9.78 Å². The van der Waals surface area contributed by atoms with Gasteiger partial charge in [-0.3, -0.25) is 4.90 Å². The minimum atomic E-state index is -0.343. The second-order valence-electron chi connectivity index (χ2n) is 6.67. The molecule has 0 bridgehead atoms. The topological polar surface area (TPSA) is 58.8 Å². The van der Waals surface area contributed by atoms with Gasteiger partial charge in [0.05, 0.1) is 6.61 Å².